The maximum atomic E-state index is 14.0. The van der Waals surface area contributed by atoms with Crippen molar-refractivity contribution < 1.29 is 17.9 Å². The third-order valence-corrected chi connectivity index (χ3v) is 4.49. The van der Waals surface area contributed by atoms with Gasteiger partial charge in [-0.1, -0.05) is 0 Å². The normalized spacial score (nSPS) is 19.9. The largest absolute Gasteiger partial charge is 0.487 e. The second-order valence-corrected chi connectivity index (χ2v) is 6.49. The molecule has 7 nitrogen and oxygen atoms in total. The molecule has 0 unspecified atom stereocenters. The summed E-state index contributed by atoms with van der Waals surface area (Å²) in [5, 5.41) is 6.24. The van der Waals surface area contributed by atoms with Crippen LogP contribution in [0.4, 0.5) is 19.0 Å². The Morgan fingerprint density at radius 1 is 1.32 bits per heavy atom. The summed E-state index contributed by atoms with van der Waals surface area (Å²) in [6.45, 7) is 0.508. The maximum absolute atomic E-state index is 14.0. The number of hydrogen-bond acceptors (Lipinski definition) is 6. The van der Waals surface area contributed by atoms with Gasteiger partial charge in [-0.25, -0.2) is 23.1 Å². The lowest BCUT2D eigenvalue weighted by Gasteiger charge is -2.27. The number of alkyl halides is 3. The summed E-state index contributed by atoms with van der Waals surface area (Å²) in [6.07, 6.45) is 3.37. The molecule has 1 aliphatic heterocycles. The molecule has 1 fully saturated rings. The predicted molar refractivity (Wildman–Crippen MR) is 97.5 cm³/mol. The zero-order chi connectivity index (χ0) is 19.5. The average Bonchev–Trinajstić information content (AvgIpc) is 3.12. The fourth-order valence-electron chi connectivity index (χ4n) is 3.12. The molecule has 0 amide bonds. The molecule has 10 heteroatoms. The lowest BCUT2D eigenvalue weighted by Crippen LogP contribution is -2.46. The molecule has 2 N–H and O–H groups in total. The minimum atomic E-state index is -2.54. The molecule has 1 saturated heterocycles. The number of halogens is 3. The second-order valence-electron chi connectivity index (χ2n) is 6.49. The van der Waals surface area contributed by atoms with E-state index in [2.05, 4.69) is 25.6 Å². The van der Waals surface area contributed by atoms with E-state index in [9.17, 15) is 13.2 Å². The number of ether oxygens (including phenoxy) is 1. The third-order valence-electron chi connectivity index (χ3n) is 4.49. The molecule has 1 aliphatic rings. The topological polar surface area (TPSA) is 76.4 Å². The van der Waals surface area contributed by atoms with Crippen LogP contribution in [0.1, 0.15) is 6.42 Å². The van der Waals surface area contributed by atoms with Gasteiger partial charge in [-0.2, -0.15) is 0 Å². The summed E-state index contributed by atoms with van der Waals surface area (Å²) in [5.41, 5.74) is 1.75. The molecule has 4 rings (SSSR count). The molecule has 3 aromatic heterocycles. The lowest BCUT2D eigenvalue weighted by atomic mass is 10.1. The highest BCUT2D eigenvalue weighted by Gasteiger charge is 2.24. The molecule has 0 bridgehead atoms. The highest BCUT2D eigenvalue weighted by molar-refractivity contribution is 5.61. The number of nitrogens with one attached hydrogen (secondary N) is 2. The van der Waals surface area contributed by atoms with Crippen molar-refractivity contribution >= 4 is 11.5 Å². The van der Waals surface area contributed by atoms with Crippen LogP contribution in [0, 0.1) is 0 Å². The van der Waals surface area contributed by atoms with Crippen molar-refractivity contribution in [3.05, 3.63) is 36.9 Å². The zero-order valence-corrected chi connectivity index (χ0v) is 14.9. The van der Waals surface area contributed by atoms with Gasteiger partial charge in [0.25, 0.3) is 6.43 Å². The Hall–Kier alpha value is -2.88. The quantitative estimate of drug-likeness (QED) is 0.672. The molecular weight excluding hydrogens is 373 g/mol. The van der Waals surface area contributed by atoms with Gasteiger partial charge in [0.2, 0.25) is 0 Å². The van der Waals surface area contributed by atoms with Gasteiger partial charge >= 0.3 is 0 Å². The summed E-state index contributed by atoms with van der Waals surface area (Å²) in [7, 11) is 0. The lowest BCUT2D eigenvalue weighted by molar-refractivity contribution is 0.0819. The Morgan fingerprint density at radius 3 is 3.04 bits per heavy atom. The maximum Gasteiger partial charge on any atom is 0.272 e. The first-order valence-electron chi connectivity index (χ1n) is 8.92. The minimum Gasteiger partial charge on any atom is -0.487 e. The highest BCUT2D eigenvalue weighted by atomic mass is 19.3. The van der Waals surface area contributed by atoms with Gasteiger partial charge in [0, 0.05) is 18.8 Å². The third kappa shape index (κ3) is 4.01. The zero-order valence-electron chi connectivity index (χ0n) is 14.9. The van der Waals surface area contributed by atoms with Crippen LogP contribution in [-0.4, -0.2) is 57.7 Å². The predicted octanol–water partition coefficient (Wildman–Crippen LogP) is 2.55. The van der Waals surface area contributed by atoms with Crippen molar-refractivity contribution in [1.82, 2.24) is 24.7 Å². The monoisotopic (exact) mass is 392 g/mol. The van der Waals surface area contributed by atoms with Crippen LogP contribution in [-0.2, 0) is 0 Å². The molecule has 0 spiro atoms. The van der Waals surface area contributed by atoms with Crippen LogP contribution in [0.25, 0.3) is 17.0 Å². The Kier molecular flexibility index (Phi) is 5.29. The van der Waals surface area contributed by atoms with Crippen molar-refractivity contribution in [2.75, 3.05) is 25.0 Å². The van der Waals surface area contributed by atoms with Gasteiger partial charge in [0.1, 0.15) is 35.7 Å². The molecule has 148 valence electrons. The van der Waals surface area contributed by atoms with Crippen LogP contribution in [0.5, 0.6) is 5.75 Å². The van der Waals surface area contributed by atoms with E-state index in [4.69, 9.17) is 4.74 Å². The number of fused-ring (bicyclic) bond motifs is 1. The van der Waals surface area contributed by atoms with Crippen LogP contribution < -0.4 is 15.4 Å². The Labute approximate surface area is 159 Å². The fourth-order valence-corrected chi connectivity index (χ4v) is 3.12. The van der Waals surface area contributed by atoms with Crippen LogP contribution in [0.3, 0.4) is 0 Å². The first-order valence-corrected chi connectivity index (χ1v) is 8.92. The summed E-state index contributed by atoms with van der Waals surface area (Å²) in [6, 6.07) is 2.79. The van der Waals surface area contributed by atoms with Crippen molar-refractivity contribution in [3.63, 3.8) is 0 Å². The molecular formula is C18H19F3N6O. The minimum absolute atomic E-state index is 0.310. The van der Waals surface area contributed by atoms with Gasteiger partial charge in [0.05, 0.1) is 30.3 Å². The summed E-state index contributed by atoms with van der Waals surface area (Å²) in [4.78, 5) is 13.0. The second kappa shape index (κ2) is 8.01. The first kappa shape index (κ1) is 18.5. The average molecular weight is 392 g/mol. The van der Waals surface area contributed by atoms with E-state index in [1.807, 2.05) is 0 Å². The molecule has 3 aromatic rings. The number of imidazole rings is 1. The van der Waals surface area contributed by atoms with E-state index in [-0.39, 0.29) is 6.04 Å². The SMILES string of the molecule is FC(F)COc1ccn2c(-c3cncc(N[C@H]4CNCC[C@@H]4F)n3)cnc2c1. The van der Waals surface area contributed by atoms with Gasteiger partial charge in [-0.05, 0) is 19.0 Å². The number of hydrogen-bond donors (Lipinski definition) is 2. The van der Waals surface area contributed by atoms with E-state index >= 15 is 0 Å². The van der Waals surface area contributed by atoms with Crippen molar-refractivity contribution in [1.29, 1.82) is 0 Å². The Morgan fingerprint density at radius 2 is 2.21 bits per heavy atom. The number of aromatic nitrogens is 4. The van der Waals surface area contributed by atoms with E-state index in [0.29, 0.717) is 48.1 Å². The number of nitrogens with zero attached hydrogens (tertiary/aromatic N) is 4. The molecule has 0 radical (unpaired) electrons. The number of piperidine rings is 1. The number of rotatable bonds is 6. The molecule has 2 atom stereocenters. The van der Waals surface area contributed by atoms with E-state index < -0.39 is 19.2 Å². The standard InChI is InChI=1S/C18H19F3N6O/c19-12-1-3-22-6-13(12)25-17-9-23-7-14(26-17)15-8-24-18-5-11(2-4-27(15)18)28-10-16(20)21/h2,4-5,7-9,12-13,16,22H,1,3,6,10H2,(H,25,26)/t12-,13-/m0/s1. The van der Waals surface area contributed by atoms with E-state index in [1.54, 1.807) is 41.3 Å². The molecule has 0 aliphatic carbocycles. The number of pyridine rings is 1. The Balaban J connectivity index is 1.56. The van der Waals surface area contributed by atoms with Crippen LogP contribution in [0.15, 0.2) is 36.9 Å². The van der Waals surface area contributed by atoms with Gasteiger partial charge in [0.15, 0.2) is 0 Å². The summed E-state index contributed by atoms with van der Waals surface area (Å²) < 4.78 is 45.4. The first-order chi connectivity index (χ1) is 13.6. The highest BCUT2D eigenvalue weighted by Crippen LogP contribution is 2.23. The van der Waals surface area contributed by atoms with Crippen LogP contribution >= 0.6 is 0 Å². The van der Waals surface area contributed by atoms with Crippen molar-refractivity contribution in [2.45, 2.75) is 25.1 Å². The fraction of sp³-hybridized carbons (Fsp3) is 0.389. The molecule has 0 saturated carbocycles. The Bertz CT molecular complexity index is 950. The van der Waals surface area contributed by atoms with E-state index in [0.717, 1.165) is 0 Å². The van der Waals surface area contributed by atoms with Crippen molar-refractivity contribution in [2.24, 2.45) is 0 Å². The van der Waals surface area contributed by atoms with Crippen molar-refractivity contribution in [3.8, 4) is 17.1 Å². The van der Waals surface area contributed by atoms with E-state index in [1.165, 1.54) is 0 Å². The van der Waals surface area contributed by atoms with Gasteiger partial charge < -0.3 is 15.4 Å². The van der Waals surface area contributed by atoms with Crippen LogP contribution in [0.2, 0.25) is 0 Å². The molecule has 28 heavy (non-hydrogen) atoms. The summed E-state index contributed by atoms with van der Waals surface area (Å²) >= 11 is 0. The smallest absolute Gasteiger partial charge is 0.272 e. The van der Waals surface area contributed by atoms with Gasteiger partial charge in [-0.15, -0.1) is 0 Å². The molecule has 0 aromatic carbocycles. The summed E-state index contributed by atoms with van der Waals surface area (Å²) in [5.74, 6) is 0.783. The van der Waals surface area contributed by atoms with Gasteiger partial charge in [-0.3, -0.25) is 9.38 Å². The number of anilines is 1. The molecule has 4 heterocycles.